The summed E-state index contributed by atoms with van der Waals surface area (Å²) in [6.45, 7) is -0.219. The van der Waals surface area contributed by atoms with Gasteiger partial charge >= 0.3 is 0 Å². The van der Waals surface area contributed by atoms with Gasteiger partial charge in [-0.1, -0.05) is 11.6 Å². The van der Waals surface area contributed by atoms with Gasteiger partial charge in [0.2, 0.25) is 0 Å². The predicted octanol–water partition coefficient (Wildman–Crippen LogP) is 3.64. The molecule has 3 saturated carbocycles. The van der Waals surface area contributed by atoms with E-state index in [1.165, 1.54) is 12.1 Å². The van der Waals surface area contributed by atoms with Gasteiger partial charge in [0.25, 0.3) is 5.91 Å². The van der Waals surface area contributed by atoms with Crippen LogP contribution in [0.15, 0.2) is 18.2 Å². The summed E-state index contributed by atoms with van der Waals surface area (Å²) >= 11 is 5.58. The molecule has 120 valence electrons. The molecule has 2 bridgehead atoms. The van der Waals surface area contributed by atoms with Crippen LogP contribution in [0.4, 0.5) is 8.78 Å². The topological polar surface area (TPSA) is 38.3 Å². The molecule has 1 amide bonds. The molecule has 3 nitrogen and oxygen atoms in total. The van der Waals surface area contributed by atoms with Crippen molar-refractivity contribution >= 4 is 17.5 Å². The van der Waals surface area contributed by atoms with Crippen molar-refractivity contribution in [2.75, 3.05) is 6.61 Å². The average Bonchev–Trinajstić information content (AvgIpc) is 2.49. The first-order valence-corrected chi connectivity index (χ1v) is 7.88. The van der Waals surface area contributed by atoms with Gasteiger partial charge < -0.3 is 10.1 Å². The Kier molecular flexibility index (Phi) is 4.26. The maximum absolute atomic E-state index is 13.9. The van der Waals surface area contributed by atoms with E-state index in [1.807, 2.05) is 0 Å². The zero-order valence-corrected chi connectivity index (χ0v) is 12.8. The molecular weight excluding hydrogens is 312 g/mol. The molecule has 0 saturated heterocycles. The Morgan fingerprint density at radius 2 is 2.14 bits per heavy atom. The summed E-state index contributed by atoms with van der Waals surface area (Å²) in [6.07, 6.45) is 2.85. The summed E-state index contributed by atoms with van der Waals surface area (Å²) in [6, 6.07) is 4.01. The molecule has 6 heteroatoms. The predicted molar refractivity (Wildman–Crippen MR) is 79.2 cm³/mol. The lowest BCUT2D eigenvalue weighted by Gasteiger charge is -2.48. The Bertz CT molecular complexity index is 573. The van der Waals surface area contributed by atoms with E-state index in [0.717, 1.165) is 31.7 Å². The van der Waals surface area contributed by atoms with E-state index in [1.54, 1.807) is 0 Å². The Hall–Kier alpha value is -1.36. The molecule has 4 rings (SSSR count). The summed E-state index contributed by atoms with van der Waals surface area (Å²) in [5.41, 5.74) is -0.431. The molecule has 22 heavy (non-hydrogen) atoms. The van der Waals surface area contributed by atoms with Crippen LogP contribution in [0.25, 0.3) is 0 Å². The third-order valence-corrected chi connectivity index (χ3v) is 5.06. The number of fused-ring (bicyclic) bond motifs is 3. The van der Waals surface area contributed by atoms with E-state index < -0.39 is 17.5 Å². The van der Waals surface area contributed by atoms with E-state index in [0.29, 0.717) is 6.42 Å². The van der Waals surface area contributed by atoms with Crippen molar-refractivity contribution in [2.45, 2.75) is 43.8 Å². The second kappa shape index (κ2) is 6.03. The number of hydrogen-bond acceptors (Lipinski definition) is 2. The third kappa shape index (κ3) is 3.19. The number of carbonyl (C=O) groups excluding carboxylic acids is 1. The number of carbonyl (C=O) groups is 1. The molecule has 1 N–H and O–H groups in total. The zero-order chi connectivity index (χ0) is 15.7. The summed E-state index contributed by atoms with van der Waals surface area (Å²) in [7, 11) is 0. The first kappa shape index (κ1) is 15.5. The molecule has 3 aliphatic rings. The molecule has 3 fully saturated rings. The fourth-order valence-electron chi connectivity index (χ4n) is 3.52. The van der Waals surface area contributed by atoms with E-state index in [2.05, 4.69) is 5.32 Å². The fourth-order valence-corrected chi connectivity index (χ4v) is 3.64. The smallest absolute Gasteiger partial charge is 0.258 e. The number of benzene rings is 1. The van der Waals surface area contributed by atoms with Gasteiger partial charge in [0.15, 0.2) is 6.61 Å². The highest BCUT2D eigenvalue weighted by atomic mass is 35.5. The standard InChI is InChI=1S/C16H18ClF2NO2/c17-12-2-1-11(7-13(12)18)22-9-15(21)20-16-5-3-10(4-6-16)14(19)8-16/h1-2,7,10,14H,3-6,8-9H2,(H,20,21). The molecule has 0 aromatic heterocycles. The highest BCUT2D eigenvalue weighted by molar-refractivity contribution is 6.30. The Labute approximate surface area is 133 Å². The Morgan fingerprint density at radius 3 is 2.77 bits per heavy atom. The van der Waals surface area contributed by atoms with Crippen LogP contribution in [-0.2, 0) is 4.79 Å². The summed E-state index contributed by atoms with van der Waals surface area (Å²) in [5, 5.41) is 2.93. The normalized spacial score (nSPS) is 30.1. The quantitative estimate of drug-likeness (QED) is 0.915. The number of rotatable bonds is 4. The van der Waals surface area contributed by atoms with E-state index in [9.17, 15) is 13.6 Å². The van der Waals surface area contributed by atoms with Gasteiger partial charge in [-0.3, -0.25) is 4.79 Å². The lowest BCUT2D eigenvalue weighted by Crippen LogP contribution is -2.58. The van der Waals surface area contributed by atoms with Crippen molar-refractivity contribution in [1.29, 1.82) is 0 Å². The molecule has 1 aromatic carbocycles. The highest BCUT2D eigenvalue weighted by Gasteiger charge is 2.46. The minimum absolute atomic E-state index is 0.00337. The molecule has 1 atom stereocenters. The van der Waals surface area contributed by atoms with Gasteiger partial charge in [0.1, 0.15) is 17.7 Å². The monoisotopic (exact) mass is 329 g/mol. The average molecular weight is 330 g/mol. The molecular formula is C16H18ClF2NO2. The number of hydrogen-bond donors (Lipinski definition) is 1. The minimum atomic E-state index is -0.825. The van der Waals surface area contributed by atoms with E-state index in [4.69, 9.17) is 16.3 Å². The zero-order valence-electron chi connectivity index (χ0n) is 12.1. The van der Waals surface area contributed by atoms with E-state index >= 15 is 0 Å². The number of amides is 1. The lowest BCUT2D eigenvalue weighted by molar-refractivity contribution is -0.127. The van der Waals surface area contributed by atoms with Crippen LogP contribution >= 0.6 is 11.6 Å². The second-order valence-electron chi connectivity index (χ2n) is 6.25. The van der Waals surface area contributed by atoms with Crippen LogP contribution in [-0.4, -0.2) is 24.2 Å². The minimum Gasteiger partial charge on any atom is -0.484 e. The van der Waals surface area contributed by atoms with Gasteiger partial charge in [-0.2, -0.15) is 0 Å². The van der Waals surface area contributed by atoms with Crippen molar-refractivity contribution in [3.63, 3.8) is 0 Å². The van der Waals surface area contributed by atoms with Crippen LogP contribution in [0.3, 0.4) is 0 Å². The number of alkyl halides is 1. The molecule has 3 aliphatic carbocycles. The lowest BCUT2D eigenvalue weighted by atomic mass is 9.65. The molecule has 0 heterocycles. The second-order valence-corrected chi connectivity index (χ2v) is 6.66. The highest BCUT2D eigenvalue weighted by Crippen LogP contribution is 2.45. The maximum Gasteiger partial charge on any atom is 0.258 e. The van der Waals surface area contributed by atoms with Crippen molar-refractivity contribution in [2.24, 2.45) is 5.92 Å². The van der Waals surface area contributed by atoms with Crippen molar-refractivity contribution in [1.82, 2.24) is 5.32 Å². The van der Waals surface area contributed by atoms with Gasteiger partial charge in [-0.15, -0.1) is 0 Å². The SMILES string of the molecule is O=C(COc1ccc(Cl)c(F)c1)NC12CCC(CC1)C(F)C2. The van der Waals surface area contributed by atoms with Crippen molar-refractivity contribution < 1.29 is 18.3 Å². The van der Waals surface area contributed by atoms with Crippen LogP contribution in [0.5, 0.6) is 5.75 Å². The summed E-state index contributed by atoms with van der Waals surface area (Å²) in [5.74, 6) is -0.496. The molecule has 0 aliphatic heterocycles. The molecule has 1 unspecified atom stereocenters. The number of ether oxygens (including phenoxy) is 1. The summed E-state index contributed by atoms with van der Waals surface area (Å²) < 4.78 is 32.4. The number of halogens is 3. The van der Waals surface area contributed by atoms with Gasteiger partial charge in [0, 0.05) is 18.0 Å². The molecule has 0 spiro atoms. The van der Waals surface area contributed by atoms with Crippen LogP contribution in [0.1, 0.15) is 32.1 Å². The largest absolute Gasteiger partial charge is 0.484 e. The first-order valence-electron chi connectivity index (χ1n) is 7.50. The van der Waals surface area contributed by atoms with Crippen molar-refractivity contribution in [3.05, 3.63) is 29.0 Å². The summed E-state index contributed by atoms with van der Waals surface area (Å²) in [4.78, 5) is 12.0. The van der Waals surface area contributed by atoms with Gasteiger partial charge in [0.05, 0.1) is 5.02 Å². The first-order chi connectivity index (χ1) is 10.5. The van der Waals surface area contributed by atoms with Gasteiger partial charge in [-0.05, 0) is 43.7 Å². The van der Waals surface area contributed by atoms with Gasteiger partial charge in [-0.25, -0.2) is 8.78 Å². The fraction of sp³-hybridized carbons (Fsp3) is 0.562. The van der Waals surface area contributed by atoms with Crippen LogP contribution in [0.2, 0.25) is 5.02 Å². The van der Waals surface area contributed by atoms with Crippen molar-refractivity contribution in [3.8, 4) is 5.75 Å². The third-order valence-electron chi connectivity index (χ3n) is 4.75. The van der Waals surface area contributed by atoms with E-state index in [-0.39, 0.29) is 29.2 Å². The Balaban J connectivity index is 1.55. The molecule has 0 radical (unpaired) electrons. The van der Waals surface area contributed by atoms with Crippen LogP contribution < -0.4 is 10.1 Å². The molecule has 1 aromatic rings. The number of nitrogens with one attached hydrogen (secondary N) is 1. The maximum atomic E-state index is 13.9. The van der Waals surface area contributed by atoms with Crippen LogP contribution in [0, 0.1) is 11.7 Å². The Morgan fingerprint density at radius 1 is 1.41 bits per heavy atom.